The van der Waals surface area contributed by atoms with Crippen LogP contribution >= 0.6 is 0 Å². The topological polar surface area (TPSA) is 105 Å². The highest BCUT2D eigenvalue weighted by molar-refractivity contribution is 7.89. The van der Waals surface area contributed by atoms with Crippen LogP contribution in [-0.2, 0) is 10.0 Å². The van der Waals surface area contributed by atoms with Gasteiger partial charge >= 0.3 is 0 Å². The van der Waals surface area contributed by atoms with E-state index >= 15 is 0 Å². The van der Waals surface area contributed by atoms with E-state index in [2.05, 4.69) is 10.0 Å². The van der Waals surface area contributed by atoms with Crippen LogP contribution in [0.1, 0.15) is 31.3 Å². The van der Waals surface area contributed by atoms with Crippen molar-refractivity contribution in [3.63, 3.8) is 0 Å². The number of rotatable bonds is 4. The van der Waals surface area contributed by atoms with Crippen molar-refractivity contribution < 1.29 is 17.6 Å². The highest BCUT2D eigenvalue weighted by atomic mass is 32.2. The van der Waals surface area contributed by atoms with Crippen molar-refractivity contribution in [2.24, 2.45) is 0 Å². The molecule has 28 heavy (non-hydrogen) atoms. The van der Waals surface area contributed by atoms with Gasteiger partial charge in [-0.1, -0.05) is 18.2 Å². The first-order valence-electron chi connectivity index (χ1n) is 8.53. The largest absolute Gasteiger partial charge is 0.451 e. The summed E-state index contributed by atoms with van der Waals surface area (Å²) in [6.07, 6.45) is 0. The molecule has 0 aliphatic rings. The number of carbonyl (C=O) groups is 1. The van der Waals surface area contributed by atoms with Crippen LogP contribution < -0.4 is 15.5 Å². The predicted molar refractivity (Wildman–Crippen MR) is 107 cm³/mol. The number of fused-ring (bicyclic) bond motifs is 1. The number of amides is 1. The fourth-order valence-electron chi connectivity index (χ4n) is 2.61. The number of para-hydroxylation sites is 1. The van der Waals surface area contributed by atoms with Crippen molar-refractivity contribution in [3.8, 4) is 0 Å². The van der Waals surface area contributed by atoms with Gasteiger partial charge < -0.3 is 9.73 Å². The third kappa shape index (κ3) is 4.47. The van der Waals surface area contributed by atoms with Crippen molar-refractivity contribution in [1.82, 2.24) is 4.72 Å². The molecular weight excluding hydrogens is 380 g/mol. The molecule has 0 radical (unpaired) electrons. The number of anilines is 1. The third-order valence-corrected chi connectivity index (χ3v) is 5.46. The van der Waals surface area contributed by atoms with Gasteiger partial charge in [0.15, 0.2) is 11.2 Å². The van der Waals surface area contributed by atoms with E-state index in [9.17, 15) is 18.0 Å². The highest BCUT2D eigenvalue weighted by Gasteiger charge is 2.22. The maximum absolute atomic E-state index is 12.5. The summed E-state index contributed by atoms with van der Waals surface area (Å²) in [5, 5.41) is 2.94. The van der Waals surface area contributed by atoms with Crippen LogP contribution in [0.15, 0.2) is 68.7 Å². The number of sulfonamides is 1. The Morgan fingerprint density at radius 3 is 2.43 bits per heavy atom. The van der Waals surface area contributed by atoms with Crippen molar-refractivity contribution in [1.29, 1.82) is 0 Å². The summed E-state index contributed by atoms with van der Waals surface area (Å²) in [5.41, 5.74) is -0.423. The Kier molecular flexibility index (Phi) is 5.10. The molecule has 2 aromatic carbocycles. The maximum Gasteiger partial charge on any atom is 0.291 e. The summed E-state index contributed by atoms with van der Waals surface area (Å²) in [7, 11) is -3.75. The molecule has 8 heteroatoms. The average Bonchev–Trinajstić information content (AvgIpc) is 2.60. The molecule has 0 saturated carbocycles. The Bertz CT molecular complexity index is 1210. The first-order chi connectivity index (χ1) is 13.0. The minimum atomic E-state index is -3.75. The van der Waals surface area contributed by atoms with Gasteiger partial charge in [-0.15, -0.1) is 0 Å². The smallest absolute Gasteiger partial charge is 0.291 e. The first-order valence-corrected chi connectivity index (χ1v) is 10.0. The second kappa shape index (κ2) is 7.21. The number of carbonyl (C=O) groups excluding carboxylic acids is 1. The molecule has 1 aromatic heterocycles. The van der Waals surface area contributed by atoms with Crippen LogP contribution in [0.3, 0.4) is 0 Å². The van der Waals surface area contributed by atoms with Crippen LogP contribution in [0.5, 0.6) is 0 Å². The fraction of sp³-hybridized carbons (Fsp3) is 0.200. The van der Waals surface area contributed by atoms with Gasteiger partial charge in [-0.05, 0) is 51.1 Å². The molecule has 0 atom stereocenters. The fourth-order valence-corrected chi connectivity index (χ4v) is 4.08. The van der Waals surface area contributed by atoms with Gasteiger partial charge in [0.1, 0.15) is 5.58 Å². The van der Waals surface area contributed by atoms with Crippen LogP contribution in [0.4, 0.5) is 5.69 Å². The number of hydrogen-bond acceptors (Lipinski definition) is 5. The van der Waals surface area contributed by atoms with E-state index < -0.39 is 21.5 Å². The van der Waals surface area contributed by atoms with Crippen molar-refractivity contribution in [3.05, 3.63) is 70.6 Å². The Hall–Kier alpha value is -2.97. The van der Waals surface area contributed by atoms with E-state index in [1.54, 1.807) is 51.1 Å². The second-order valence-corrected chi connectivity index (χ2v) is 8.99. The summed E-state index contributed by atoms with van der Waals surface area (Å²) in [6, 6.07) is 13.6. The minimum absolute atomic E-state index is 0.0141. The van der Waals surface area contributed by atoms with Crippen molar-refractivity contribution >= 4 is 32.6 Å². The molecule has 3 aromatic rings. The SMILES string of the molecule is CC(C)(C)NS(=O)(=O)c1cccc(NC(=O)c2cc(=O)c3ccccc3o2)c1. The van der Waals surface area contributed by atoms with Crippen LogP contribution in [-0.4, -0.2) is 19.9 Å². The quantitative estimate of drug-likeness (QED) is 0.700. The molecule has 0 aliphatic heterocycles. The molecule has 146 valence electrons. The van der Waals surface area contributed by atoms with E-state index in [1.807, 2.05) is 0 Å². The lowest BCUT2D eigenvalue weighted by Crippen LogP contribution is -2.40. The zero-order chi connectivity index (χ0) is 20.5. The molecule has 0 unspecified atom stereocenters. The Morgan fingerprint density at radius 2 is 1.71 bits per heavy atom. The van der Waals surface area contributed by atoms with Gasteiger partial charge in [0.25, 0.3) is 5.91 Å². The summed E-state index contributed by atoms with van der Waals surface area (Å²) in [5.74, 6) is -0.814. The summed E-state index contributed by atoms with van der Waals surface area (Å²) < 4.78 is 33.0. The van der Waals surface area contributed by atoms with E-state index in [0.29, 0.717) is 11.0 Å². The van der Waals surface area contributed by atoms with Gasteiger partial charge in [-0.2, -0.15) is 0 Å². The Labute approximate surface area is 162 Å². The number of hydrogen-bond donors (Lipinski definition) is 2. The predicted octanol–water partition coefficient (Wildman–Crippen LogP) is 3.12. The van der Waals surface area contributed by atoms with Gasteiger partial charge in [0.2, 0.25) is 10.0 Å². The van der Waals surface area contributed by atoms with Gasteiger partial charge in [-0.25, -0.2) is 13.1 Å². The van der Waals surface area contributed by atoms with Crippen molar-refractivity contribution in [2.45, 2.75) is 31.2 Å². The molecule has 0 aliphatic carbocycles. The van der Waals surface area contributed by atoms with Crippen LogP contribution in [0.25, 0.3) is 11.0 Å². The maximum atomic E-state index is 12.5. The van der Waals surface area contributed by atoms with E-state index in [-0.39, 0.29) is 21.8 Å². The molecule has 1 heterocycles. The van der Waals surface area contributed by atoms with Crippen LogP contribution in [0, 0.1) is 0 Å². The molecular formula is C20H20N2O5S. The van der Waals surface area contributed by atoms with E-state index in [1.165, 1.54) is 18.2 Å². The summed E-state index contributed by atoms with van der Waals surface area (Å²) >= 11 is 0. The highest BCUT2D eigenvalue weighted by Crippen LogP contribution is 2.19. The Balaban J connectivity index is 1.89. The van der Waals surface area contributed by atoms with Crippen LogP contribution in [0.2, 0.25) is 0 Å². The first kappa shape index (κ1) is 19.8. The molecule has 0 bridgehead atoms. The molecule has 0 fully saturated rings. The molecule has 7 nitrogen and oxygen atoms in total. The summed E-state index contributed by atoms with van der Waals surface area (Å²) in [6.45, 7) is 5.20. The lowest BCUT2D eigenvalue weighted by Gasteiger charge is -2.20. The lowest BCUT2D eigenvalue weighted by atomic mass is 10.1. The summed E-state index contributed by atoms with van der Waals surface area (Å²) in [4.78, 5) is 24.7. The molecule has 0 saturated heterocycles. The van der Waals surface area contributed by atoms with Crippen molar-refractivity contribution in [2.75, 3.05) is 5.32 Å². The number of nitrogens with one attached hydrogen (secondary N) is 2. The van der Waals surface area contributed by atoms with E-state index in [0.717, 1.165) is 6.07 Å². The van der Waals surface area contributed by atoms with E-state index in [4.69, 9.17) is 4.42 Å². The minimum Gasteiger partial charge on any atom is -0.451 e. The van der Waals surface area contributed by atoms with Gasteiger partial charge in [-0.3, -0.25) is 9.59 Å². The zero-order valence-electron chi connectivity index (χ0n) is 15.6. The number of benzene rings is 2. The normalized spacial score (nSPS) is 12.1. The third-order valence-electron chi connectivity index (χ3n) is 3.70. The Morgan fingerprint density at radius 1 is 1.00 bits per heavy atom. The van der Waals surface area contributed by atoms with Gasteiger partial charge in [0, 0.05) is 17.3 Å². The standard InChI is InChI=1S/C20H20N2O5S/c1-20(2,3)22-28(25,26)14-8-6-7-13(11-14)21-19(24)18-12-16(23)15-9-4-5-10-17(15)27-18/h4-12,22H,1-3H3,(H,21,24). The molecule has 0 spiro atoms. The molecule has 3 rings (SSSR count). The molecule has 1 amide bonds. The monoisotopic (exact) mass is 400 g/mol. The zero-order valence-corrected chi connectivity index (χ0v) is 16.5. The molecule has 2 N–H and O–H groups in total. The average molecular weight is 400 g/mol. The lowest BCUT2D eigenvalue weighted by molar-refractivity contribution is 0.0997. The van der Waals surface area contributed by atoms with Gasteiger partial charge in [0.05, 0.1) is 10.3 Å². The second-order valence-electron chi connectivity index (χ2n) is 7.31.